The van der Waals surface area contributed by atoms with Crippen molar-refractivity contribution in [3.8, 4) is 10.7 Å². The normalized spacial score (nSPS) is 14.2. The molecule has 1 saturated carbocycles. The number of rotatable bonds is 4. The van der Waals surface area contributed by atoms with Gasteiger partial charge in [0.15, 0.2) is 0 Å². The summed E-state index contributed by atoms with van der Waals surface area (Å²) in [4.78, 5) is 22.4. The molecule has 1 aliphatic rings. The topological polar surface area (TPSA) is 60.7 Å². The summed E-state index contributed by atoms with van der Waals surface area (Å²) >= 11 is 1.44. The van der Waals surface area contributed by atoms with Gasteiger partial charge in [0.1, 0.15) is 16.5 Å². The van der Waals surface area contributed by atoms with Gasteiger partial charge < -0.3 is 0 Å². The number of nitrogens with zero attached hydrogens (tertiary/aromatic N) is 4. The minimum Gasteiger partial charge on any atom is -0.267 e. The SMILES string of the molecule is Cc1cccc(F)c1.Cc1cnc(-c2cc(C3CCCCC3)c(=O)n(Cc3ncccc3C(F)(F)F)n2)s1. The quantitative estimate of drug-likeness (QED) is 0.253. The van der Waals surface area contributed by atoms with E-state index >= 15 is 0 Å². The molecular weight excluding hydrogens is 516 g/mol. The van der Waals surface area contributed by atoms with Crippen molar-refractivity contribution in [2.24, 2.45) is 0 Å². The molecule has 5 rings (SSSR count). The van der Waals surface area contributed by atoms with Crippen molar-refractivity contribution in [2.75, 3.05) is 0 Å². The molecule has 3 heterocycles. The van der Waals surface area contributed by atoms with E-state index < -0.39 is 11.7 Å². The van der Waals surface area contributed by atoms with Crippen LogP contribution in [0.1, 0.15) is 65.3 Å². The van der Waals surface area contributed by atoms with Gasteiger partial charge in [0.25, 0.3) is 5.56 Å². The molecule has 1 aromatic carbocycles. The zero-order chi connectivity index (χ0) is 27.3. The first-order chi connectivity index (χ1) is 18.1. The third-order valence-electron chi connectivity index (χ3n) is 6.36. The molecule has 4 aromatic rings. The zero-order valence-corrected chi connectivity index (χ0v) is 21.9. The van der Waals surface area contributed by atoms with E-state index in [0.717, 1.165) is 53.3 Å². The molecule has 0 amide bonds. The lowest BCUT2D eigenvalue weighted by Crippen LogP contribution is -2.30. The predicted octanol–water partition coefficient (Wildman–Crippen LogP) is 7.32. The Hall–Kier alpha value is -3.40. The summed E-state index contributed by atoms with van der Waals surface area (Å²) in [5.74, 6) is -0.0730. The number of aryl methyl sites for hydroxylation is 2. The maximum Gasteiger partial charge on any atom is 0.418 e. The number of benzene rings is 1. The van der Waals surface area contributed by atoms with Gasteiger partial charge in [-0.05, 0) is 68.5 Å². The van der Waals surface area contributed by atoms with Crippen molar-refractivity contribution in [1.82, 2.24) is 19.7 Å². The van der Waals surface area contributed by atoms with Gasteiger partial charge in [-0.15, -0.1) is 11.3 Å². The van der Waals surface area contributed by atoms with Gasteiger partial charge in [-0.1, -0.05) is 31.4 Å². The fraction of sp³-hybridized carbons (Fsp3) is 0.357. The summed E-state index contributed by atoms with van der Waals surface area (Å²) in [7, 11) is 0. The summed E-state index contributed by atoms with van der Waals surface area (Å²) < 4.78 is 53.5. The molecule has 0 saturated heterocycles. The standard InChI is InChI=1S/C21H21F3N4OS.C7H7F/c1-13-11-26-19(30-13)17-10-15(14-6-3-2-4-7-14)20(29)28(27-17)12-18-16(21(22,23)24)8-5-9-25-18;1-6-3-2-4-7(8)5-6/h5,8-11,14H,2-4,6-7,12H2,1H3;2-5H,1H3. The number of pyridine rings is 1. The second kappa shape index (κ2) is 12.0. The van der Waals surface area contributed by atoms with E-state index in [1.165, 1.54) is 35.7 Å². The van der Waals surface area contributed by atoms with Crippen LogP contribution in [0.15, 0.2) is 59.7 Å². The average molecular weight is 545 g/mol. The fourth-order valence-electron chi connectivity index (χ4n) is 4.52. The molecular formula is C28H28F4N4OS. The molecule has 1 fully saturated rings. The van der Waals surface area contributed by atoms with Crippen molar-refractivity contribution < 1.29 is 17.6 Å². The molecule has 10 heteroatoms. The summed E-state index contributed by atoms with van der Waals surface area (Å²) in [5, 5.41) is 5.02. The third-order valence-corrected chi connectivity index (χ3v) is 7.30. The maximum absolute atomic E-state index is 13.4. The molecule has 0 N–H and O–H groups in total. The van der Waals surface area contributed by atoms with Gasteiger partial charge in [-0.2, -0.15) is 18.3 Å². The lowest BCUT2D eigenvalue weighted by Gasteiger charge is -2.22. The first kappa shape index (κ1) is 27.6. The van der Waals surface area contributed by atoms with Gasteiger partial charge >= 0.3 is 6.18 Å². The number of alkyl halides is 3. The minimum absolute atomic E-state index is 0.0890. The molecule has 200 valence electrons. The molecule has 0 radical (unpaired) electrons. The predicted molar refractivity (Wildman–Crippen MR) is 140 cm³/mol. The molecule has 0 aliphatic heterocycles. The Morgan fingerprint density at radius 1 is 1.03 bits per heavy atom. The van der Waals surface area contributed by atoms with Crippen LogP contribution in [-0.2, 0) is 12.7 Å². The summed E-state index contributed by atoms with van der Waals surface area (Å²) in [6, 6.07) is 10.5. The van der Waals surface area contributed by atoms with E-state index in [0.29, 0.717) is 16.3 Å². The Bertz CT molecular complexity index is 1420. The van der Waals surface area contributed by atoms with E-state index in [-0.39, 0.29) is 29.5 Å². The molecule has 0 unspecified atom stereocenters. The molecule has 0 bridgehead atoms. The van der Waals surface area contributed by atoms with E-state index in [4.69, 9.17) is 0 Å². The second-order valence-corrected chi connectivity index (χ2v) is 10.6. The van der Waals surface area contributed by atoms with Crippen LogP contribution < -0.4 is 5.56 Å². The largest absolute Gasteiger partial charge is 0.418 e. The fourth-order valence-corrected chi connectivity index (χ4v) is 5.24. The highest BCUT2D eigenvalue weighted by molar-refractivity contribution is 7.14. The van der Waals surface area contributed by atoms with Crippen molar-refractivity contribution in [1.29, 1.82) is 0 Å². The average Bonchev–Trinajstić information content (AvgIpc) is 3.32. The van der Waals surface area contributed by atoms with Gasteiger partial charge in [0.2, 0.25) is 0 Å². The van der Waals surface area contributed by atoms with Crippen LogP contribution in [0, 0.1) is 19.7 Å². The van der Waals surface area contributed by atoms with Crippen LogP contribution in [-0.4, -0.2) is 19.7 Å². The van der Waals surface area contributed by atoms with Crippen LogP contribution in [0.25, 0.3) is 10.7 Å². The first-order valence-corrected chi connectivity index (χ1v) is 13.2. The molecule has 0 spiro atoms. The van der Waals surface area contributed by atoms with E-state index in [9.17, 15) is 22.4 Å². The van der Waals surface area contributed by atoms with Gasteiger partial charge in [0.05, 0.1) is 17.8 Å². The smallest absolute Gasteiger partial charge is 0.267 e. The number of aromatic nitrogens is 4. The monoisotopic (exact) mass is 544 g/mol. The number of thiazole rings is 1. The summed E-state index contributed by atoms with van der Waals surface area (Å²) in [5.41, 5.74) is 0.660. The van der Waals surface area contributed by atoms with E-state index in [1.54, 1.807) is 18.3 Å². The number of halogens is 4. The van der Waals surface area contributed by atoms with Crippen LogP contribution in [0.5, 0.6) is 0 Å². The lowest BCUT2D eigenvalue weighted by molar-refractivity contribution is -0.138. The van der Waals surface area contributed by atoms with Crippen LogP contribution in [0.3, 0.4) is 0 Å². The number of hydrogen-bond donors (Lipinski definition) is 0. The summed E-state index contributed by atoms with van der Waals surface area (Å²) in [6.45, 7) is 3.44. The highest BCUT2D eigenvalue weighted by Crippen LogP contribution is 2.34. The van der Waals surface area contributed by atoms with Crippen LogP contribution >= 0.6 is 11.3 Å². The van der Waals surface area contributed by atoms with E-state index in [1.807, 2.05) is 19.9 Å². The van der Waals surface area contributed by atoms with Crippen LogP contribution in [0.2, 0.25) is 0 Å². The first-order valence-electron chi connectivity index (χ1n) is 12.4. The zero-order valence-electron chi connectivity index (χ0n) is 21.1. The van der Waals surface area contributed by atoms with Crippen LogP contribution in [0.4, 0.5) is 17.6 Å². The van der Waals surface area contributed by atoms with Gasteiger partial charge in [0, 0.05) is 22.8 Å². The lowest BCUT2D eigenvalue weighted by atomic mass is 9.84. The highest BCUT2D eigenvalue weighted by atomic mass is 32.1. The number of hydrogen-bond acceptors (Lipinski definition) is 5. The third kappa shape index (κ3) is 6.92. The molecule has 5 nitrogen and oxygen atoms in total. The van der Waals surface area contributed by atoms with Crippen molar-refractivity contribution in [2.45, 2.75) is 64.6 Å². The summed E-state index contributed by atoms with van der Waals surface area (Å²) in [6.07, 6.45) is 3.47. The molecule has 0 atom stereocenters. The maximum atomic E-state index is 13.4. The highest BCUT2D eigenvalue weighted by Gasteiger charge is 2.34. The minimum atomic E-state index is -4.55. The Morgan fingerprint density at radius 2 is 1.79 bits per heavy atom. The van der Waals surface area contributed by atoms with E-state index in [2.05, 4.69) is 15.1 Å². The van der Waals surface area contributed by atoms with Gasteiger partial charge in [-0.25, -0.2) is 14.1 Å². The molecule has 38 heavy (non-hydrogen) atoms. The Balaban J connectivity index is 0.000000360. The molecule has 1 aliphatic carbocycles. The Kier molecular flexibility index (Phi) is 8.71. The van der Waals surface area contributed by atoms with Crippen molar-refractivity contribution in [3.63, 3.8) is 0 Å². The van der Waals surface area contributed by atoms with Crippen molar-refractivity contribution >= 4 is 11.3 Å². The Morgan fingerprint density at radius 3 is 2.39 bits per heavy atom. The second-order valence-electron chi connectivity index (χ2n) is 9.35. The Labute approximate surface area is 222 Å². The van der Waals surface area contributed by atoms with Crippen molar-refractivity contribution in [3.05, 3.63) is 98.3 Å². The van der Waals surface area contributed by atoms with Gasteiger partial charge in [-0.3, -0.25) is 9.78 Å². The molecule has 3 aromatic heterocycles.